The average molecular weight is 268 g/mol. The second-order valence-electron chi connectivity index (χ2n) is 4.46. The number of nitrogens with zero attached hydrogens (tertiary/aromatic N) is 1. The first-order chi connectivity index (χ1) is 8.90. The van der Waals surface area contributed by atoms with Crippen molar-refractivity contribution < 1.29 is 19.1 Å². The molecule has 1 rings (SSSR count). The number of benzene rings is 1. The first kappa shape index (κ1) is 15.1. The zero-order valence-electron chi connectivity index (χ0n) is 10.9. The maximum Gasteiger partial charge on any atom is 0.307 e. The second-order valence-corrected chi connectivity index (χ2v) is 4.46. The molecule has 0 heterocycles. The summed E-state index contributed by atoms with van der Waals surface area (Å²) in [6.45, 7) is 1.82. The highest BCUT2D eigenvalue weighted by Gasteiger charge is 2.16. The van der Waals surface area contributed by atoms with Crippen LogP contribution in [0.15, 0.2) is 24.3 Å². The molecule has 0 aliphatic carbocycles. The smallest absolute Gasteiger partial charge is 0.307 e. The highest BCUT2D eigenvalue weighted by molar-refractivity contribution is 5.92. The van der Waals surface area contributed by atoms with Crippen LogP contribution in [-0.2, 0) is 9.59 Å². The van der Waals surface area contributed by atoms with Crippen molar-refractivity contribution in [3.63, 3.8) is 0 Å². The lowest BCUT2D eigenvalue weighted by Gasteiger charge is -2.18. The number of hydrogen-bond acceptors (Lipinski definition) is 3. The van der Waals surface area contributed by atoms with Crippen LogP contribution in [-0.4, -0.2) is 42.0 Å². The molecule has 0 saturated heterocycles. The Kier molecular flexibility index (Phi) is 5.44. The molecule has 0 fully saturated rings. The van der Waals surface area contributed by atoms with E-state index in [9.17, 15) is 14.0 Å². The SMILES string of the molecule is CC(CN(C)CC(=O)Nc1ccccc1F)C(=O)O. The molecule has 0 spiro atoms. The predicted octanol–water partition coefficient (Wildman–Crippen LogP) is 1.42. The van der Waals surface area contributed by atoms with Crippen molar-refractivity contribution >= 4 is 17.6 Å². The van der Waals surface area contributed by atoms with E-state index in [4.69, 9.17) is 5.11 Å². The Labute approximate surface area is 111 Å². The van der Waals surface area contributed by atoms with Gasteiger partial charge in [0.05, 0.1) is 18.2 Å². The van der Waals surface area contributed by atoms with Crippen LogP contribution < -0.4 is 5.32 Å². The number of likely N-dealkylation sites (N-methyl/N-ethyl adjacent to an activating group) is 1. The number of carbonyl (C=O) groups excluding carboxylic acids is 1. The van der Waals surface area contributed by atoms with E-state index >= 15 is 0 Å². The van der Waals surface area contributed by atoms with Crippen LogP contribution >= 0.6 is 0 Å². The number of aliphatic carboxylic acids is 1. The van der Waals surface area contributed by atoms with E-state index in [-0.39, 0.29) is 24.7 Å². The molecular weight excluding hydrogens is 251 g/mol. The number of anilines is 1. The maximum absolute atomic E-state index is 13.3. The average Bonchev–Trinajstić information content (AvgIpc) is 2.31. The minimum Gasteiger partial charge on any atom is -0.481 e. The third kappa shape index (κ3) is 5.05. The molecule has 0 saturated carbocycles. The minimum absolute atomic E-state index is 0.00591. The summed E-state index contributed by atoms with van der Waals surface area (Å²) in [4.78, 5) is 23.9. The zero-order valence-corrected chi connectivity index (χ0v) is 10.9. The van der Waals surface area contributed by atoms with Crippen molar-refractivity contribution in [2.24, 2.45) is 5.92 Å². The highest BCUT2D eigenvalue weighted by atomic mass is 19.1. The van der Waals surface area contributed by atoms with Crippen LogP contribution in [0.4, 0.5) is 10.1 Å². The number of nitrogens with one attached hydrogen (secondary N) is 1. The lowest BCUT2D eigenvalue weighted by atomic mass is 10.2. The molecule has 6 heteroatoms. The van der Waals surface area contributed by atoms with E-state index in [0.29, 0.717) is 0 Å². The van der Waals surface area contributed by atoms with E-state index in [2.05, 4.69) is 5.32 Å². The maximum atomic E-state index is 13.3. The van der Waals surface area contributed by atoms with E-state index in [1.807, 2.05) is 0 Å². The first-order valence-corrected chi connectivity index (χ1v) is 5.86. The lowest BCUT2D eigenvalue weighted by Crippen LogP contribution is -2.35. The molecule has 2 N–H and O–H groups in total. The number of hydrogen-bond donors (Lipinski definition) is 2. The summed E-state index contributed by atoms with van der Waals surface area (Å²) in [6, 6.07) is 5.87. The van der Waals surface area contributed by atoms with E-state index in [1.165, 1.54) is 18.2 Å². The van der Waals surface area contributed by atoms with Gasteiger partial charge in [0, 0.05) is 6.54 Å². The monoisotopic (exact) mass is 268 g/mol. The Balaban J connectivity index is 2.47. The Morgan fingerprint density at radius 1 is 1.42 bits per heavy atom. The molecule has 0 aliphatic rings. The van der Waals surface area contributed by atoms with Gasteiger partial charge in [0.25, 0.3) is 0 Å². The number of carbonyl (C=O) groups is 2. The molecule has 1 unspecified atom stereocenters. The largest absolute Gasteiger partial charge is 0.481 e. The summed E-state index contributed by atoms with van der Waals surface area (Å²) in [6.07, 6.45) is 0. The topological polar surface area (TPSA) is 69.6 Å². The molecule has 0 bridgehead atoms. The van der Waals surface area contributed by atoms with Gasteiger partial charge in [0.1, 0.15) is 5.82 Å². The van der Waals surface area contributed by atoms with Crippen LogP contribution in [0.3, 0.4) is 0 Å². The first-order valence-electron chi connectivity index (χ1n) is 5.86. The Hall–Kier alpha value is -1.95. The quantitative estimate of drug-likeness (QED) is 0.818. The molecule has 1 atom stereocenters. The van der Waals surface area contributed by atoms with Gasteiger partial charge in [-0.2, -0.15) is 0 Å². The zero-order chi connectivity index (χ0) is 14.4. The van der Waals surface area contributed by atoms with Crippen molar-refractivity contribution in [3.05, 3.63) is 30.1 Å². The van der Waals surface area contributed by atoms with Crippen LogP contribution in [0.1, 0.15) is 6.92 Å². The van der Waals surface area contributed by atoms with E-state index in [1.54, 1.807) is 24.9 Å². The van der Waals surface area contributed by atoms with Gasteiger partial charge >= 0.3 is 5.97 Å². The molecule has 104 valence electrons. The number of amides is 1. The summed E-state index contributed by atoms with van der Waals surface area (Å²) < 4.78 is 13.3. The second kappa shape index (κ2) is 6.84. The van der Waals surface area contributed by atoms with Gasteiger partial charge in [-0.25, -0.2) is 4.39 Å². The summed E-state index contributed by atoms with van der Waals surface area (Å²) in [7, 11) is 1.64. The minimum atomic E-state index is -0.915. The van der Waals surface area contributed by atoms with Gasteiger partial charge in [0.15, 0.2) is 0 Å². The van der Waals surface area contributed by atoms with Crippen molar-refractivity contribution in [2.75, 3.05) is 25.5 Å². The Morgan fingerprint density at radius 2 is 2.05 bits per heavy atom. The van der Waals surface area contributed by atoms with Crippen LogP contribution in [0.5, 0.6) is 0 Å². The Morgan fingerprint density at radius 3 is 2.63 bits per heavy atom. The molecule has 1 aromatic carbocycles. The van der Waals surface area contributed by atoms with Gasteiger partial charge < -0.3 is 10.4 Å². The van der Waals surface area contributed by atoms with Crippen molar-refractivity contribution in [1.82, 2.24) is 4.90 Å². The van der Waals surface area contributed by atoms with Gasteiger partial charge in [0.2, 0.25) is 5.91 Å². The number of halogens is 1. The fourth-order valence-corrected chi connectivity index (χ4v) is 1.61. The van der Waals surface area contributed by atoms with Crippen LogP contribution in [0.25, 0.3) is 0 Å². The highest BCUT2D eigenvalue weighted by Crippen LogP contribution is 2.12. The third-order valence-electron chi connectivity index (χ3n) is 2.57. The normalized spacial score (nSPS) is 12.2. The molecule has 0 aromatic heterocycles. The molecule has 1 amide bonds. The number of carboxylic acids is 1. The van der Waals surface area contributed by atoms with Crippen LogP contribution in [0.2, 0.25) is 0 Å². The molecule has 19 heavy (non-hydrogen) atoms. The van der Waals surface area contributed by atoms with E-state index < -0.39 is 17.7 Å². The molecule has 0 aliphatic heterocycles. The summed E-state index contributed by atoms with van der Waals surface area (Å²) in [5.41, 5.74) is 0.118. The molecule has 0 radical (unpaired) electrons. The van der Waals surface area contributed by atoms with Crippen molar-refractivity contribution in [2.45, 2.75) is 6.92 Å². The van der Waals surface area contributed by atoms with Gasteiger partial charge in [-0.1, -0.05) is 19.1 Å². The summed E-state index contributed by atoms with van der Waals surface area (Å²) >= 11 is 0. The van der Waals surface area contributed by atoms with Crippen molar-refractivity contribution in [1.29, 1.82) is 0 Å². The standard InChI is InChI=1S/C13H17FN2O3/c1-9(13(18)19)7-16(2)8-12(17)15-11-6-4-3-5-10(11)14/h3-6,9H,7-8H2,1-2H3,(H,15,17)(H,18,19). The predicted molar refractivity (Wildman–Crippen MR) is 69.3 cm³/mol. The number of rotatable bonds is 6. The Bertz CT molecular complexity index is 465. The summed E-state index contributed by atoms with van der Waals surface area (Å²) in [5.74, 6) is -2.37. The lowest BCUT2D eigenvalue weighted by molar-refractivity contribution is -0.141. The molecule has 1 aromatic rings. The summed E-state index contributed by atoms with van der Waals surface area (Å²) in [5, 5.41) is 11.2. The van der Waals surface area contributed by atoms with Crippen molar-refractivity contribution in [3.8, 4) is 0 Å². The fourth-order valence-electron chi connectivity index (χ4n) is 1.61. The molecule has 5 nitrogen and oxygen atoms in total. The van der Waals surface area contributed by atoms with Gasteiger partial charge in [-0.15, -0.1) is 0 Å². The number of para-hydroxylation sites is 1. The number of carboxylic acid groups (broad SMARTS) is 1. The van der Waals surface area contributed by atoms with Crippen LogP contribution in [0, 0.1) is 11.7 Å². The van der Waals surface area contributed by atoms with Gasteiger partial charge in [-0.3, -0.25) is 14.5 Å². The fraction of sp³-hybridized carbons (Fsp3) is 0.385. The molecular formula is C13H17FN2O3. The third-order valence-corrected chi connectivity index (χ3v) is 2.57. The van der Waals surface area contributed by atoms with E-state index in [0.717, 1.165) is 0 Å². The van der Waals surface area contributed by atoms with Gasteiger partial charge in [-0.05, 0) is 19.2 Å².